The summed E-state index contributed by atoms with van der Waals surface area (Å²) in [7, 11) is 0. The van der Waals surface area contributed by atoms with E-state index in [-0.39, 0.29) is 56.2 Å². The predicted molar refractivity (Wildman–Crippen MR) is 228 cm³/mol. The molecule has 0 bridgehead atoms. The van der Waals surface area contributed by atoms with E-state index in [0.717, 1.165) is 72.2 Å². The van der Waals surface area contributed by atoms with Crippen molar-refractivity contribution in [2.24, 2.45) is 28.8 Å². The van der Waals surface area contributed by atoms with Gasteiger partial charge in [0.1, 0.15) is 29.9 Å². The first-order valence-electron chi connectivity index (χ1n) is 21.9. The number of oxime groups is 1. The third-order valence-electron chi connectivity index (χ3n) is 13.0. The van der Waals surface area contributed by atoms with Gasteiger partial charge in [0.15, 0.2) is 11.5 Å². The molecule has 8 rings (SSSR count). The lowest BCUT2D eigenvalue weighted by Gasteiger charge is -2.60. The fraction of sp³-hybridized carbons (Fsp3) is 0.510. The van der Waals surface area contributed by atoms with Crippen molar-refractivity contribution in [3.63, 3.8) is 0 Å². The lowest BCUT2D eigenvalue weighted by molar-refractivity contribution is -0.258. The third kappa shape index (κ3) is 8.41. The number of aliphatic hydroxyl groups excluding tert-OH is 2. The number of hydrogen-bond donors (Lipinski definition) is 2. The Morgan fingerprint density at radius 2 is 1.68 bits per heavy atom. The summed E-state index contributed by atoms with van der Waals surface area (Å²) in [6, 6.07) is 17.5. The second-order valence-electron chi connectivity index (χ2n) is 17.0. The Morgan fingerprint density at radius 1 is 0.933 bits per heavy atom. The minimum absolute atomic E-state index is 0.0581. The van der Waals surface area contributed by atoms with Crippen LogP contribution in [0, 0.1) is 37.5 Å². The number of hydrogen-bond acceptors (Lipinski definition) is 10. The maximum Gasteiger partial charge on any atom is 0.239 e. The zero-order chi connectivity index (χ0) is 41.8. The molecule has 3 aromatic rings. The number of aryl methyl sites for hydroxylation is 2. The molecule has 2 N–H and O–H groups in total. The summed E-state index contributed by atoms with van der Waals surface area (Å²) in [5.41, 5.74) is 6.06. The van der Waals surface area contributed by atoms with Gasteiger partial charge in [0, 0.05) is 43.6 Å². The van der Waals surface area contributed by atoms with Gasteiger partial charge in [-0.05, 0) is 136 Å². The number of nitrogens with zero attached hydrogens (tertiary/aromatic N) is 2. The predicted octanol–water partition coefficient (Wildman–Crippen LogP) is 8.92. The first kappa shape index (κ1) is 41.9. The van der Waals surface area contributed by atoms with Gasteiger partial charge in [-0.3, -0.25) is 4.79 Å². The summed E-state index contributed by atoms with van der Waals surface area (Å²) in [6.45, 7) is 11.5. The van der Waals surface area contributed by atoms with Gasteiger partial charge in [-0.1, -0.05) is 42.3 Å². The Bertz CT molecular complexity index is 2090. The van der Waals surface area contributed by atoms with E-state index < -0.39 is 17.7 Å². The Hall–Kier alpha value is -4.84. The zero-order valence-electron chi connectivity index (χ0n) is 35.3. The van der Waals surface area contributed by atoms with Gasteiger partial charge in [0.25, 0.3) is 0 Å². The average Bonchev–Trinajstić information content (AvgIpc) is 4.00. The topological polar surface area (TPSA) is 129 Å². The molecule has 0 radical (unpaired) electrons. The first-order valence-corrected chi connectivity index (χ1v) is 21.9. The van der Waals surface area contributed by atoms with Gasteiger partial charge >= 0.3 is 0 Å². The summed E-state index contributed by atoms with van der Waals surface area (Å²) in [5, 5.41) is 24.7. The lowest BCUT2D eigenvalue weighted by atomic mass is 9.55. The molecule has 3 aliphatic carbocycles. The number of carbonyl (C=O) groups excluding carboxylic acids is 1. The highest BCUT2D eigenvalue weighted by atomic mass is 16.7. The van der Waals surface area contributed by atoms with Gasteiger partial charge in [-0.2, -0.15) is 0 Å². The normalized spacial score (nSPS) is 25.4. The largest absolute Gasteiger partial charge is 0.459 e. The molecule has 320 valence electrons. The Kier molecular flexibility index (Phi) is 12.9. The molecule has 2 heterocycles. The van der Waals surface area contributed by atoms with Crippen LogP contribution < -0.4 is 18.9 Å². The first-order chi connectivity index (χ1) is 29.3. The number of ether oxygens (including phenoxy) is 5. The molecule has 0 spiro atoms. The SMILES string of the molecule is C=CCOC12Oc3ccc(Oc4ccc(C)c(C)c4)cc3C3C(CCCCO)C(CCCCO)C=C(C(=NOCC)CC1N(Cc1ccc4c(c1)OCO4)C(=O)C1CC1)C32. The fourth-order valence-corrected chi connectivity index (χ4v) is 9.91. The minimum atomic E-state index is -1.34. The molecule has 2 fully saturated rings. The minimum Gasteiger partial charge on any atom is -0.459 e. The van der Waals surface area contributed by atoms with Crippen molar-refractivity contribution in [2.45, 2.75) is 103 Å². The summed E-state index contributed by atoms with van der Waals surface area (Å²) in [5.74, 6) is 1.77. The van der Waals surface area contributed by atoms with Crippen molar-refractivity contribution in [3.8, 4) is 28.7 Å². The average molecular weight is 821 g/mol. The summed E-state index contributed by atoms with van der Waals surface area (Å²) < 4.78 is 32.6. The maximum atomic E-state index is 14.8. The maximum absolute atomic E-state index is 14.8. The molecule has 1 amide bonds. The van der Waals surface area contributed by atoms with Crippen LogP contribution in [-0.2, 0) is 20.9 Å². The van der Waals surface area contributed by atoms with Crippen LogP contribution in [-0.4, -0.2) is 71.8 Å². The van der Waals surface area contributed by atoms with E-state index in [9.17, 15) is 15.0 Å². The summed E-state index contributed by atoms with van der Waals surface area (Å²) in [4.78, 5) is 22.7. The van der Waals surface area contributed by atoms with Crippen molar-refractivity contribution < 1.29 is 43.5 Å². The molecule has 5 aliphatic rings. The molecule has 2 aliphatic heterocycles. The van der Waals surface area contributed by atoms with E-state index >= 15 is 0 Å². The number of benzene rings is 3. The fourth-order valence-electron chi connectivity index (χ4n) is 9.91. The van der Waals surface area contributed by atoms with Crippen LogP contribution in [0.2, 0.25) is 0 Å². The van der Waals surface area contributed by atoms with Crippen molar-refractivity contribution in [3.05, 3.63) is 101 Å². The molecule has 0 aromatic heterocycles. The number of fused-ring (bicyclic) bond motifs is 3. The second kappa shape index (κ2) is 18.4. The number of amides is 1. The van der Waals surface area contributed by atoms with Crippen LogP contribution in [0.25, 0.3) is 0 Å². The highest BCUT2D eigenvalue weighted by Crippen LogP contribution is 2.62. The molecular weight excluding hydrogens is 761 g/mol. The molecular formula is C49H60N2O9. The standard InChI is InChI=1S/C49H60N2O9/c1-5-23-57-49-45(51(48(54)34-15-16-34)29-33-14-19-43-44(25-33)56-30-55-43)28-41(50-58-6-2)39-26-35(11-7-9-21-52)38(12-8-10-22-53)46(47(39)49)40-27-37(18-20-42(40)60-49)59-36-17-13-31(3)32(4)24-36/h5,13-14,17-20,24-27,34-35,38,45-47,52-53H,1,6-12,15-16,21-23,28-30H2,2-4H3. The van der Waals surface area contributed by atoms with E-state index in [0.29, 0.717) is 55.4 Å². The molecule has 6 atom stereocenters. The van der Waals surface area contributed by atoms with Gasteiger partial charge < -0.3 is 43.6 Å². The highest BCUT2D eigenvalue weighted by Gasteiger charge is 2.66. The van der Waals surface area contributed by atoms with E-state index in [1.165, 1.54) is 5.56 Å². The highest BCUT2D eigenvalue weighted by molar-refractivity contribution is 6.03. The van der Waals surface area contributed by atoms with Gasteiger partial charge in [0.2, 0.25) is 18.5 Å². The molecule has 0 saturated heterocycles. The Morgan fingerprint density at radius 3 is 2.43 bits per heavy atom. The van der Waals surface area contributed by atoms with Crippen LogP contribution in [0.3, 0.4) is 0 Å². The number of carbonyl (C=O) groups is 1. The van der Waals surface area contributed by atoms with Crippen LogP contribution >= 0.6 is 0 Å². The zero-order valence-corrected chi connectivity index (χ0v) is 35.3. The van der Waals surface area contributed by atoms with Crippen LogP contribution in [0.4, 0.5) is 0 Å². The Balaban J connectivity index is 1.32. The molecule has 11 heteroatoms. The second-order valence-corrected chi connectivity index (χ2v) is 17.0. The molecule has 60 heavy (non-hydrogen) atoms. The Labute approximate surface area is 353 Å². The summed E-state index contributed by atoms with van der Waals surface area (Å²) in [6.07, 6.45) is 10.9. The monoisotopic (exact) mass is 820 g/mol. The lowest BCUT2D eigenvalue weighted by Crippen LogP contribution is -2.70. The van der Waals surface area contributed by atoms with Gasteiger partial charge in [-0.25, -0.2) is 0 Å². The van der Waals surface area contributed by atoms with Crippen molar-refractivity contribution >= 4 is 11.6 Å². The number of unbranched alkanes of at least 4 members (excludes halogenated alkanes) is 2. The summed E-state index contributed by atoms with van der Waals surface area (Å²) >= 11 is 0. The third-order valence-corrected chi connectivity index (χ3v) is 13.0. The van der Waals surface area contributed by atoms with Crippen LogP contribution in [0.1, 0.15) is 92.9 Å². The van der Waals surface area contributed by atoms with Gasteiger partial charge in [-0.15, -0.1) is 6.58 Å². The van der Waals surface area contributed by atoms with Crippen molar-refractivity contribution in [1.82, 2.24) is 4.90 Å². The molecule has 2 saturated carbocycles. The van der Waals surface area contributed by atoms with Crippen LogP contribution in [0.5, 0.6) is 28.7 Å². The van der Waals surface area contributed by atoms with E-state index in [2.05, 4.69) is 44.7 Å². The van der Waals surface area contributed by atoms with E-state index in [4.69, 9.17) is 33.7 Å². The van der Waals surface area contributed by atoms with E-state index in [1.54, 1.807) is 6.08 Å². The van der Waals surface area contributed by atoms with Crippen molar-refractivity contribution in [2.75, 3.05) is 33.2 Å². The number of aliphatic hydroxyl groups is 2. The quantitative estimate of drug-likeness (QED) is 0.0692. The van der Waals surface area contributed by atoms with Gasteiger partial charge in [0.05, 0.1) is 18.2 Å². The smallest absolute Gasteiger partial charge is 0.239 e. The molecule has 3 aromatic carbocycles. The van der Waals surface area contributed by atoms with E-state index in [1.807, 2.05) is 48.2 Å². The molecule has 6 unspecified atom stereocenters. The number of allylic oxidation sites excluding steroid dienone is 1. The molecule has 11 nitrogen and oxygen atoms in total. The van der Waals surface area contributed by atoms with Crippen LogP contribution in [0.15, 0.2) is 84.1 Å². The van der Waals surface area contributed by atoms with Crippen molar-refractivity contribution in [1.29, 1.82) is 0 Å². The number of rotatable bonds is 19.